The fraction of sp³-hybridized carbons (Fsp3) is 0.696. The molecule has 5 amide bonds. The molecule has 214 valence electrons. The highest BCUT2D eigenvalue weighted by Gasteiger charge is 2.55. The maximum absolute atomic E-state index is 12.8. The first-order chi connectivity index (χ1) is 18.3. The Bertz CT molecular complexity index is 833. The van der Waals surface area contributed by atoms with E-state index in [1.807, 2.05) is 0 Å². The molecule has 0 bridgehead atoms. The minimum absolute atomic E-state index is 0.0396. The number of likely N-dealkylation sites (tertiary alicyclic amines) is 1. The van der Waals surface area contributed by atoms with E-state index in [0.717, 1.165) is 12.2 Å². The van der Waals surface area contributed by atoms with Crippen molar-refractivity contribution in [3.05, 3.63) is 12.2 Å². The van der Waals surface area contributed by atoms with Crippen molar-refractivity contribution >= 4 is 29.5 Å². The zero-order chi connectivity index (χ0) is 28.0. The molecule has 0 aliphatic carbocycles. The van der Waals surface area contributed by atoms with E-state index in [9.17, 15) is 29.1 Å². The standard InChI is InChI=1S/C23H35N3O12/c1-2-18(28)26(25-21(31)5-6-22(25)32)23(33,24-19(29)3-4-20(24)30)17-38-16-15-37-14-13-36-12-11-35-10-9-34-8-7-27/h5-6,27,33H,2-4,7-17H2,1H3. The molecule has 38 heavy (non-hydrogen) atoms. The highest BCUT2D eigenvalue weighted by Crippen LogP contribution is 2.29. The summed E-state index contributed by atoms with van der Waals surface area (Å²) in [7, 11) is 0. The Morgan fingerprint density at radius 2 is 1.24 bits per heavy atom. The molecule has 2 N–H and O–H groups in total. The molecule has 1 saturated heterocycles. The molecule has 2 rings (SSSR count). The van der Waals surface area contributed by atoms with Crippen LogP contribution in [-0.2, 0) is 47.7 Å². The number of amides is 5. The maximum Gasteiger partial charge on any atom is 0.273 e. The Kier molecular flexibility index (Phi) is 13.4. The highest BCUT2D eigenvalue weighted by atomic mass is 16.6. The monoisotopic (exact) mass is 545 g/mol. The molecular formula is C23H35N3O12. The van der Waals surface area contributed by atoms with E-state index in [1.165, 1.54) is 6.92 Å². The van der Waals surface area contributed by atoms with Crippen molar-refractivity contribution in [2.75, 3.05) is 72.7 Å². The van der Waals surface area contributed by atoms with E-state index < -0.39 is 42.0 Å². The van der Waals surface area contributed by atoms with Gasteiger partial charge in [-0.2, -0.15) is 10.0 Å². The second kappa shape index (κ2) is 16.2. The number of aliphatic hydroxyl groups excluding tert-OH is 1. The highest BCUT2D eigenvalue weighted by molar-refractivity contribution is 6.13. The van der Waals surface area contributed by atoms with E-state index in [0.29, 0.717) is 41.3 Å². The van der Waals surface area contributed by atoms with Gasteiger partial charge in [-0.1, -0.05) is 6.92 Å². The van der Waals surface area contributed by atoms with Gasteiger partial charge in [0.25, 0.3) is 17.7 Å². The second-order valence-electron chi connectivity index (χ2n) is 8.00. The molecule has 0 aromatic heterocycles. The third-order valence-electron chi connectivity index (χ3n) is 5.29. The summed E-state index contributed by atoms with van der Waals surface area (Å²) >= 11 is 0. The van der Waals surface area contributed by atoms with Crippen molar-refractivity contribution in [3.8, 4) is 0 Å². The Labute approximate surface area is 219 Å². The summed E-state index contributed by atoms with van der Waals surface area (Å²) in [6.07, 6.45) is 1.15. The number of carbonyl (C=O) groups is 5. The van der Waals surface area contributed by atoms with Gasteiger partial charge in [-0.25, -0.2) is 4.90 Å². The van der Waals surface area contributed by atoms with Crippen LogP contribution in [0.15, 0.2) is 12.2 Å². The number of hydrogen-bond acceptors (Lipinski definition) is 12. The van der Waals surface area contributed by atoms with Crippen LogP contribution in [0.1, 0.15) is 26.2 Å². The molecule has 0 spiro atoms. The molecule has 1 atom stereocenters. The normalized spacial score (nSPS) is 17.1. The number of imide groups is 2. The summed E-state index contributed by atoms with van der Waals surface area (Å²) in [5.41, 5.74) is 0. The summed E-state index contributed by atoms with van der Waals surface area (Å²) in [5, 5.41) is 20.9. The lowest BCUT2D eigenvalue weighted by atomic mass is 10.3. The van der Waals surface area contributed by atoms with Gasteiger partial charge in [0.2, 0.25) is 17.7 Å². The lowest BCUT2D eigenvalue weighted by Gasteiger charge is -2.45. The lowest BCUT2D eigenvalue weighted by Crippen LogP contribution is -2.71. The quantitative estimate of drug-likeness (QED) is 0.0971. The smallest absolute Gasteiger partial charge is 0.273 e. The Balaban J connectivity index is 1.84. The van der Waals surface area contributed by atoms with E-state index in [-0.39, 0.29) is 58.9 Å². The summed E-state index contributed by atoms with van der Waals surface area (Å²) in [6.45, 7) is 2.77. The van der Waals surface area contributed by atoms with Crippen molar-refractivity contribution in [1.29, 1.82) is 0 Å². The molecule has 15 nitrogen and oxygen atoms in total. The second-order valence-corrected chi connectivity index (χ2v) is 8.00. The van der Waals surface area contributed by atoms with Crippen LogP contribution >= 0.6 is 0 Å². The van der Waals surface area contributed by atoms with Gasteiger partial charge in [-0.15, -0.1) is 0 Å². The van der Waals surface area contributed by atoms with Gasteiger partial charge in [-0.3, -0.25) is 24.0 Å². The molecule has 2 aliphatic heterocycles. The summed E-state index contributed by atoms with van der Waals surface area (Å²) in [4.78, 5) is 62.8. The van der Waals surface area contributed by atoms with E-state index in [1.54, 1.807) is 0 Å². The van der Waals surface area contributed by atoms with E-state index >= 15 is 0 Å². The number of aliphatic hydroxyl groups is 2. The van der Waals surface area contributed by atoms with Gasteiger partial charge in [0.1, 0.15) is 6.61 Å². The molecular weight excluding hydrogens is 510 g/mol. The van der Waals surface area contributed by atoms with Gasteiger partial charge >= 0.3 is 0 Å². The first kappa shape index (κ1) is 31.4. The number of nitrogens with zero attached hydrogens (tertiary/aromatic N) is 3. The van der Waals surface area contributed by atoms with Gasteiger partial charge in [-0.05, 0) is 0 Å². The first-order valence-electron chi connectivity index (χ1n) is 12.2. The molecule has 2 heterocycles. The molecule has 2 aliphatic rings. The maximum atomic E-state index is 12.8. The van der Waals surface area contributed by atoms with E-state index in [2.05, 4.69) is 0 Å². The average Bonchev–Trinajstić information content (AvgIpc) is 3.41. The zero-order valence-corrected chi connectivity index (χ0v) is 21.4. The molecule has 0 aromatic carbocycles. The number of rotatable bonds is 20. The first-order valence-corrected chi connectivity index (χ1v) is 12.2. The van der Waals surface area contributed by atoms with Crippen molar-refractivity contribution < 1.29 is 57.9 Å². The van der Waals surface area contributed by atoms with Crippen LogP contribution in [0, 0.1) is 0 Å². The molecule has 0 aromatic rings. The van der Waals surface area contributed by atoms with E-state index in [4.69, 9.17) is 28.8 Å². The summed E-state index contributed by atoms with van der Waals surface area (Å²) in [6, 6.07) is 0. The largest absolute Gasteiger partial charge is 0.394 e. The average molecular weight is 546 g/mol. The molecule has 1 unspecified atom stereocenters. The van der Waals surface area contributed by atoms with Crippen molar-refractivity contribution in [1.82, 2.24) is 14.9 Å². The van der Waals surface area contributed by atoms with Crippen LogP contribution in [0.3, 0.4) is 0 Å². The molecule has 15 heteroatoms. The number of hydrazine groups is 1. The van der Waals surface area contributed by atoms with Crippen LogP contribution in [-0.4, -0.2) is 133 Å². The van der Waals surface area contributed by atoms with Gasteiger partial charge in [0.15, 0.2) is 0 Å². The van der Waals surface area contributed by atoms with Crippen LogP contribution in [0.4, 0.5) is 0 Å². The SMILES string of the molecule is CCC(=O)N(N1C(=O)C=CC1=O)C(O)(COCCOCCOCCOCCOCCO)N1C(=O)CCC1=O. The molecule has 0 saturated carbocycles. The summed E-state index contributed by atoms with van der Waals surface area (Å²) in [5.74, 6) is -7.03. The lowest BCUT2D eigenvalue weighted by molar-refractivity contribution is -0.269. The third kappa shape index (κ3) is 8.62. The van der Waals surface area contributed by atoms with Crippen LogP contribution in [0.25, 0.3) is 0 Å². The minimum atomic E-state index is -2.75. The Morgan fingerprint density at radius 1 is 0.816 bits per heavy atom. The predicted octanol–water partition coefficient (Wildman–Crippen LogP) is -2.06. The fourth-order valence-corrected chi connectivity index (χ4v) is 3.56. The molecule has 0 radical (unpaired) electrons. The number of hydrogen-bond donors (Lipinski definition) is 2. The summed E-state index contributed by atoms with van der Waals surface area (Å²) < 4.78 is 26.5. The van der Waals surface area contributed by atoms with Crippen LogP contribution in [0.2, 0.25) is 0 Å². The van der Waals surface area contributed by atoms with Crippen molar-refractivity contribution in [2.24, 2.45) is 0 Å². The van der Waals surface area contributed by atoms with Gasteiger partial charge < -0.3 is 33.9 Å². The predicted molar refractivity (Wildman–Crippen MR) is 125 cm³/mol. The number of carbonyl (C=O) groups excluding carboxylic acids is 5. The topological polar surface area (TPSA) is 182 Å². The fourth-order valence-electron chi connectivity index (χ4n) is 3.56. The molecule has 1 fully saturated rings. The number of ether oxygens (including phenoxy) is 5. The minimum Gasteiger partial charge on any atom is -0.394 e. The van der Waals surface area contributed by atoms with Crippen LogP contribution in [0.5, 0.6) is 0 Å². The van der Waals surface area contributed by atoms with Crippen molar-refractivity contribution in [2.45, 2.75) is 32.0 Å². The Hall–Kier alpha value is -2.79. The van der Waals surface area contributed by atoms with Gasteiger partial charge in [0, 0.05) is 31.4 Å². The Morgan fingerprint density at radius 3 is 1.66 bits per heavy atom. The van der Waals surface area contributed by atoms with Gasteiger partial charge in [0.05, 0.1) is 66.1 Å². The van der Waals surface area contributed by atoms with Crippen molar-refractivity contribution in [3.63, 3.8) is 0 Å². The van der Waals surface area contributed by atoms with Crippen LogP contribution < -0.4 is 0 Å². The zero-order valence-electron chi connectivity index (χ0n) is 21.4. The third-order valence-corrected chi connectivity index (χ3v) is 5.29.